The molecule has 0 aliphatic carbocycles. The first kappa shape index (κ1) is 20.6. The van der Waals surface area contributed by atoms with Gasteiger partial charge in [0.25, 0.3) is 5.91 Å². The van der Waals surface area contributed by atoms with Crippen molar-refractivity contribution in [1.29, 1.82) is 0 Å². The minimum atomic E-state index is -0.551. The number of hydrogen-bond donors (Lipinski definition) is 3. The first-order valence-corrected chi connectivity index (χ1v) is 10.1. The molecule has 0 saturated heterocycles. The fourth-order valence-corrected chi connectivity index (χ4v) is 3.55. The Morgan fingerprint density at radius 2 is 1.76 bits per heavy atom. The van der Waals surface area contributed by atoms with Crippen molar-refractivity contribution in [1.82, 2.24) is 15.6 Å². The van der Waals surface area contributed by atoms with E-state index in [2.05, 4.69) is 21.7 Å². The number of nitrogens with one attached hydrogen (secondary N) is 3. The number of aromatic nitrogens is 1. The highest BCUT2D eigenvalue weighted by atomic mass is 16.2. The van der Waals surface area contributed by atoms with Crippen molar-refractivity contribution in [2.45, 2.75) is 39.7 Å². The molecule has 29 heavy (non-hydrogen) atoms. The highest BCUT2D eigenvalue weighted by Crippen LogP contribution is 2.17. The Labute approximate surface area is 171 Å². The second-order valence-electron chi connectivity index (χ2n) is 7.87. The maximum Gasteiger partial charge on any atom is 0.252 e. The van der Waals surface area contributed by atoms with Gasteiger partial charge in [0.05, 0.1) is 0 Å². The quantitative estimate of drug-likeness (QED) is 0.543. The lowest BCUT2D eigenvalue weighted by molar-refractivity contribution is -0.123. The van der Waals surface area contributed by atoms with Crippen molar-refractivity contribution in [3.8, 4) is 0 Å². The van der Waals surface area contributed by atoms with Gasteiger partial charge in [-0.25, -0.2) is 0 Å². The molecule has 1 heterocycles. The van der Waals surface area contributed by atoms with Crippen molar-refractivity contribution in [3.05, 3.63) is 71.4 Å². The number of fused-ring (bicyclic) bond motifs is 1. The van der Waals surface area contributed by atoms with Crippen molar-refractivity contribution in [3.63, 3.8) is 0 Å². The zero-order chi connectivity index (χ0) is 20.8. The van der Waals surface area contributed by atoms with Gasteiger partial charge in [0, 0.05) is 29.2 Å². The molecule has 3 rings (SSSR count). The van der Waals surface area contributed by atoms with Gasteiger partial charge in [-0.15, -0.1) is 0 Å². The first-order chi connectivity index (χ1) is 14.0. The molecule has 3 N–H and O–H groups in total. The van der Waals surface area contributed by atoms with Crippen LogP contribution in [0.25, 0.3) is 10.9 Å². The molecule has 3 aromatic rings. The molecule has 2 amide bonds. The van der Waals surface area contributed by atoms with E-state index in [-0.39, 0.29) is 17.7 Å². The van der Waals surface area contributed by atoms with E-state index >= 15 is 0 Å². The second kappa shape index (κ2) is 9.41. The third-order valence-corrected chi connectivity index (χ3v) is 5.09. The van der Waals surface area contributed by atoms with Crippen LogP contribution in [0.4, 0.5) is 0 Å². The fraction of sp³-hybridized carbons (Fsp3) is 0.333. The zero-order valence-corrected chi connectivity index (χ0v) is 17.3. The van der Waals surface area contributed by atoms with Gasteiger partial charge in [-0.3, -0.25) is 9.59 Å². The molecular weight excluding hydrogens is 362 g/mol. The summed E-state index contributed by atoms with van der Waals surface area (Å²) in [5.41, 5.74) is 3.77. The van der Waals surface area contributed by atoms with Crippen LogP contribution in [0.3, 0.4) is 0 Å². The van der Waals surface area contributed by atoms with E-state index in [0.29, 0.717) is 18.5 Å². The molecule has 1 aromatic heterocycles. The van der Waals surface area contributed by atoms with Crippen LogP contribution in [-0.4, -0.2) is 29.4 Å². The Balaban J connectivity index is 1.61. The third-order valence-electron chi connectivity index (χ3n) is 5.09. The largest absolute Gasteiger partial charge is 0.361 e. The van der Waals surface area contributed by atoms with Crippen molar-refractivity contribution in [2.24, 2.45) is 5.92 Å². The lowest BCUT2D eigenvalue weighted by atomic mass is 10.0. The Morgan fingerprint density at radius 1 is 1.03 bits per heavy atom. The third kappa shape index (κ3) is 5.25. The number of aromatic amines is 1. The van der Waals surface area contributed by atoms with Gasteiger partial charge in [-0.1, -0.05) is 50.2 Å². The van der Waals surface area contributed by atoms with Gasteiger partial charge in [0.2, 0.25) is 5.91 Å². The smallest absolute Gasteiger partial charge is 0.252 e. The average Bonchev–Trinajstić information content (AvgIpc) is 3.10. The number of benzene rings is 2. The average molecular weight is 392 g/mol. The summed E-state index contributed by atoms with van der Waals surface area (Å²) in [5, 5.41) is 7.09. The van der Waals surface area contributed by atoms with Crippen molar-refractivity contribution < 1.29 is 9.59 Å². The number of H-pyrrole nitrogens is 1. The van der Waals surface area contributed by atoms with Crippen LogP contribution in [0.1, 0.15) is 41.8 Å². The molecule has 0 fully saturated rings. The predicted octanol–water partition coefficient (Wildman–Crippen LogP) is 3.98. The summed E-state index contributed by atoms with van der Waals surface area (Å²) in [4.78, 5) is 28.7. The number of hydrogen-bond acceptors (Lipinski definition) is 2. The van der Waals surface area contributed by atoms with Gasteiger partial charge in [-0.2, -0.15) is 0 Å². The molecule has 0 aliphatic heterocycles. The summed E-state index contributed by atoms with van der Waals surface area (Å²) < 4.78 is 0. The molecule has 1 unspecified atom stereocenters. The molecule has 152 valence electrons. The standard InChI is InChI=1S/C24H29N3O2/c1-16(2)14-22(27-23(28)19-9-5-4-8-17(19)3)24(29)25-13-12-18-15-26-21-11-7-6-10-20(18)21/h4-11,15-16,22,26H,12-14H2,1-3H3,(H,25,29)(H,27,28). The van der Waals surface area contributed by atoms with Gasteiger partial charge in [-0.05, 0) is 48.9 Å². The van der Waals surface area contributed by atoms with E-state index in [4.69, 9.17) is 0 Å². The second-order valence-corrected chi connectivity index (χ2v) is 7.87. The molecule has 0 bridgehead atoms. The van der Waals surface area contributed by atoms with Crippen LogP contribution in [0, 0.1) is 12.8 Å². The van der Waals surface area contributed by atoms with Crippen LogP contribution < -0.4 is 10.6 Å². The normalized spacial score (nSPS) is 12.1. The molecule has 0 spiro atoms. The summed E-state index contributed by atoms with van der Waals surface area (Å²) in [6.45, 7) is 6.52. The highest BCUT2D eigenvalue weighted by Gasteiger charge is 2.23. The van der Waals surface area contributed by atoms with Crippen LogP contribution >= 0.6 is 0 Å². The molecular formula is C24H29N3O2. The summed E-state index contributed by atoms with van der Waals surface area (Å²) in [6, 6.07) is 15.0. The maximum atomic E-state index is 12.8. The lowest BCUT2D eigenvalue weighted by Crippen LogP contribution is -2.48. The van der Waals surface area contributed by atoms with Gasteiger partial charge in [0.1, 0.15) is 6.04 Å². The molecule has 0 aliphatic rings. The summed E-state index contributed by atoms with van der Waals surface area (Å²) in [6.07, 6.45) is 3.31. The van der Waals surface area contributed by atoms with Crippen LogP contribution in [0.2, 0.25) is 0 Å². The fourth-order valence-electron chi connectivity index (χ4n) is 3.55. The van der Waals surface area contributed by atoms with E-state index in [1.54, 1.807) is 6.07 Å². The first-order valence-electron chi connectivity index (χ1n) is 10.1. The van der Waals surface area contributed by atoms with Crippen LogP contribution in [-0.2, 0) is 11.2 Å². The minimum Gasteiger partial charge on any atom is -0.361 e. The summed E-state index contributed by atoms with van der Waals surface area (Å²) >= 11 is 0. The van der Waals surface area contributed by atoms with E-state index in [9.17, 15) is 9.59 Å². The minimum absolute atomic E-state index is 0.138. The zero-order valence-electron chi connectivity index (χ0n) is 17.3. The van der Waals surface area contributed by atoms with Crippen LogP contribution in [0.5, 0.6) is 0 Å². The molecule has 0 saturated carbocycles. The Bertz CT molecular complexity index is 990. The molecule has 0 radical (unpaired) electrons. The van der Waals surface area contributed by atoms with Crippen molar-refractivity contribution in [2.75, 3.05) is 6.54 Å². The van der Waals surface area contributed by atoms with Gasteiger partial charge < -0.3 is 15.6 Å². The molecule has 5 heteroatoms. The van der Waals surface area contributed by atoms with E-state index in [0.717, 1.165) is 17.5 Å². The lowest BCUT2D eigenvalue weighted by Gasteiger charge is -2.20. The number of rotatable bonds is 8. The molecule has 5 nitrogen and oxygen atoms in total. The van der Waals surface area contributed by atoms with Gasteiger partial charge >= 0.3 is 0 Å². The Kier molecular flexibility index (Phi) is 6.70. The number of amides is 2. The number of aryl methyl sites for hydroxylation is 1. The Morgan fingerprint density at radius 3 is 2.52 bits per heavy atom. The molecule has 1 atom stereocenters. The molecule has 2 aromatic carbocycles. The SMILES string of the molecule is Cc1ccccc1C(=O)NC(CC(C)C)C(=O)NCCc1c[nH]c2ccccc12. The monoisotopic (exact) mass is 391 g/mol. The number of carbonyl (C=O) groups excluding carboxylic acids is 2. The number of carbonyl (C=O) groups is 2. The van der Waals surface area contributed by atoms with Crippen LogP contribution in [0.15, 0.2) is 54.7 Å². The van der Waals surface area contributed by atoms with E-state index in [1.807, 2.05) is 63.4 Å². The van der Waals surface area contributed by atoms with E-state index in [1.165, 1.54) is 10.9 Å². The highest BCUT2D eigenvalue weighted by molar-refractivity contribution is 5.98. The number of para-hydroxylation sites is 1. The summed E-state index contributed by atoms with van der Waals surface area (Å²) in [5.74, 6) is -0.0578. The summed E-state index contributed by atoms with van der Waals surface area (Å²) in [7, 11) is 0. The topological polar surface area (TPSA) is 74.0 Å². The van der Waals surface area contributed by atoms with Crippen molar-refractivity contribution >= 4 is 22.7 Å². The van der Waals surface area contributed by atoms with Gasteiger partial charge in [0.15, 0.2) is 0 Å². The van der Waals surface area contributed by atoms with E-state index < -0.39 is 6.04 Å². The Hall–Kier alpha value is -3.08. The maximum absolute atomic E-state index is 12.8. The predicted molar refractivity (Wildman–Crippen MR) is 117 cm³/mol.